The molecule has 3 nitrogen and oxygen atoms in total. The molecule has 2 aromatic rings. The van der Waals surface area contributed by atoms with E-state index in [1.807, 2.05) is 0 Å². The van der Waals surface area contributed by atoms with Crippen molar-refractivity contribution in [1.29, 1.82) is 0 Å². The van der Waals surface area contributed by atoms with Gasteiger partial charge in [0.25, 0.3) is 0 Å². The number of hydrogen-bond donors (Lipinski definition) is 1. The molecule has 0 amide bonds. The van der Waals surface area contributed by atoms with Gasteiger partial charge in [-0.15, -0.1) is 0 Å². The van der Waals surface area contributed by atoms with Crippen molar-refractivity contribution in [1.82, 2.24) is 0 Å². The molecule has 2 rings (SSSR count). The minimum atomic E-state index is -0.0687. The molecule has 0 saturated carbocycles. The standard InChI is InChI=1S/C14H12BrNO2/c1-18-11-4-2-3-9(7-11)14(17)12-6-5-10(16)8-13(12)15/h2-8H,16H2,1H3. The number of hydrogen-bond acceptors (Lipinski definition) is 3. The van der Waals surface area contributed by atoms with E-state index in [-0.39, 0.29) is 5.78 Å². The predicted molar refractivity (Wildman–Crippen MR) is 75.0 cm³/mol. The number of rotatable bonds is 3. The lowest BCUT2D eigenvalue weighted by Crippen LogP contribution is -2.03. The van der Waals surface area contributed by atoms with Crippen molar-refractivity contribution in [3.05, 3.63) is 58.1 Å². The Balaban J connectivity index is 2.41. The summed E-state index contributed by atoms with van der Waals surface area (Å²) < 4.78 is 5.80. The van der Waals surface area contributed by atoms with Gasteiger partial charge in [0.1, 0.15) is 5.75 Å². The first-order valence-corrected chi connectivity index (χ1v) is 6.15. The Morgan fingerprint density at radius 3 is 2.67 bits per heavy atom. The quantitative estimate of drug-likeness (QED) is 0.699. The van der Waals surface area contributed by atoms with Gasteiger partial charge in [0.15, 0.2) is 5.78 Å². The van der Waals surface area contributed by atoms with Crippen LogP contribution >= 0.6 is 15.9 Å². The highest BCUT2D eigenvalue weighted by molar-refractivity contribution is 9.10. The number of anilines is 1. The zero-order valence-electron chi connectivity index (χ0n) is 9.81. The molecule has 0 aliphatic carbocycles. The Labute approximate surface area is 114 Å². The Bertz CT molecular complexity index is 596. The van der Waals surface area contributed by atoms with Crippen LogP contribution in [0.15, 0.2) is 46.9 Å². The number of ether oxygens (including phenoxy) is 1. The van der Waals surface area contributed by atoms with E-state index in [0.29, 0.717) is 27.0 Å². The maximum atomic E-state index is 12.3. The first-order chi connectivity index (χ1) is 8.61. The SMILES string of the molecule is COc1cccc(C(=O)c2ccc(N)cc2Br)c1. The summed E-state index contributed by atoms with van der Waals surface area (Å²) in [5.74, 6) is 0.591. The average Bonchev–Trinajstić information content (AvgIpc) is 2.38. The molecule has 4 heteroatoms. The van der Waals surface area contributed by atoms with Gasteiger partial charge in [-0.05, 0) is 46.3 Å². The van der Waals surface area contributed by atoms with Crippen LogP contribution in [0.5, 0.6) is 5.75 Å². The van der Waals surface area contributed by atoms with Crippen molar-refractivity contribution in [2.75, 3.05) is 12.8 Å². The fraction of sp³-hybridized carbons (Fsp3) is 0.0714. The second-order valence-corrected chi connectivity index (χ2v) is 4.65. The van der Waals surface area contributed by atoms with Gasteiger partial charge < -0.3 is 10.5 Å². The van der Waals surface area contributed by atoms with Crippen LogP contribution in [-0.4, -0.2) is 12.9 Å². The van der Waals surface area contributed by atoms with E-state index in [9.17, 15) is 4.79 Å². The monoisotopic (exact) mass is 305 g/mol. The number of nitrogen functional groups attached to an aromatic ring is 1. The molecule has 92 valence electrons. The third-order valence-corrected chi connectivity index (χ3v) is 3.23. The van der Waals surface area contributed by atoms with E-state index in [0.717, 1.165) is 0 Å². The molecule has 0 unspecified atom stereocenters. The molecule has 0 radical (unpaired) electrons. The van der Waals surface area contributed by atoms with Crippen LogP contribution in [0.3, 0.4) is 0 Å². The van der Waals surface area contributed by atoms with Crippen molar-refractivity contribution in [3.63, 3.8) is 0 Å². The van der Waals surface area contributed by atoms with Crippen LogP contribution in [0, 0.1) is 0 Å². The highest BCUT2D eigenvalue weighted by atomic mass is 79.9. The number of nitrogens with two attached hydrogens (primary N) is 1. The normalized spacial score (nSPS) is 10.1. The fourth-order valence-electron chi connectivity index (χ4n) is 1.64. The molecule has 0 aliphatic rings. The molecular weight excluding hydrogens is 294 g/mol. The predicted octanol–water partition coefficient (Wildman–Crippen LogP) is 3.27. The van der Waals surface area contributed by atoms with E-state index in [2.05, 4.69) is 15.9 Å². The second-order valence-electron chi connectivity index (χ2n) is 3.80. The highest BCUT2D eigenvalue weighted by Crippen LogP contribution is 2.24. The summed E-state index contributed by atoms with van der Waals surface area (Å²) in [7, 11) is 1.57. The first kappa shape index (κ1) is 12.6. The summed E-state index contributed by atoms with van der Waals surface area (Å²) in [6.45, 7) is 0. The number of halogens is 1. The van der Waals surface area contributed by atoms with Crippen LogP contribution in [0.25, 0.3) is 0 Å². The lowest BCUT2D eigenvalue weighted by molar-refractivity contribution is 0.103. The molecule has 2 N–H and O–H groups in total. The van der Waals surface area contributed by atoms with E-state index in [4.69, 9.17) is 10.5 Å². The molecule has 2 aromatic carbocycles. The summed E-state index contributed by atoms with van der Waals surface area (Å²) in [4.78, 5) is 12.3. The molecular formula is C14H12BrNO2. The largest absolute Gasteiger partial charge is 0.497 e. The molecule has 18 heavy (non-hydrogen) atoms. The van der Waals surface area contributed by atoms with Crippen LogP contribution in [0.2, 0.25) is 0 Å². The second kappa shape index (κ2) is 5.23. The molecule has 0 spiro atoms. The Morgan fingerprint density at radius 1 is 1.22 bits per heavy atom. The maximum absolute atomic E-state index is 12.3. The van der Waals surface area contributed by atoms with Gasteiger partial charge in [-0.1, -0.05) is 12.1 Å². The van der Waals surface area contributed by atoms with Gasteiger partial charge in [0.05, 0.1) is 7.11 Å². The van der Waals surface area contributed by atoms with Gasteiger partial charge in [-0.2, -0.15) is 0 Å². The lowest BCUT2D eigenvalue weighted by Gasteiger charge is -2.06. The van der Waals surface area contributed by atoms with Gasteiger partial charge in [-0.3, -0.25) is 4.79 Å². The minimum Gasteiger partial charge on any atom is -0.497 e. The van der Waals surface area contributed by atoms with Gasteiger partial charge >= 0.3 is 0 Å². The summed E-state index contributed by atoms with van der Waals surface area (Å²) in [5, 5.41) is 0. The summed E-state index contributed by atoms with van der Waals surface area (Å²) >= 11 is 3.35. The van der Waals surface area contributed by atoms with Crippen molar-refractivity contribution < 1.29 is 9.53 Å². The number of ketones is 1. The zero-order chi connectivity index (χ0) is 13.1. The Kier molecular flexibility index (Phi) is 3.67. The zero-order valence-corrected chi connectivity index (χ0v) is 11.4. The van der Waals surface area contributed by atoms with E-state index in [1.165, 1.54) is 0 Å². The molecule has 0 bridgehead atoms. The van der Waals surface area contributed by atoms with Crippen molar-refractivity contribution >= 4 is 27.4 Å². The third kappa shape index (κ3) is 2.54. The fourth-order valence-corrected chi connectivity index (χ4v) is 2.21. The smallest absolute Gasteiger partial charge is 0.194 e. The van der Waals surface area contributed by atoms with Crippen molar-refractivity contribution in [3.8, 4) is 5.75 Å². The first-order valence-electron chi connectivity index (χ1n) is 5.35. The number of carbonyl (C=O) groups is 1. The van der Waals surface area contributed by atoms with Gasteiger partial charge in [0, 0.05) is 21.3 Å². The minimum absolute atomic E-state index is 0.0687. The molecule has 0 aromatic heterocycles. The third-order valence-electron chi connectivity index (χ3n) is 2.57. The molecule has 0 heterocycles. The van der Waals surface area contributed by atoms with Gasteiger partial charge in [-0.25, -0.2) is 0 Å². The van der Waals surface area contributed by atoms with Crippen LogP contribution in [0.4, 0.5) is 5.69 Å². The average molecular weight is 306 g/mol. The highest BCUT2D eigenvalue weighted by Gasteiger charge is 2.13. The Morgan fingerprint density at radius 2 is 2.00 bits per heavy atom. The molecule has 0 atom stereocenters. The number of carbonyl (C=O) groups excluding carboxylic acids is 1. The molecule has 0 aliphatic heterocycles. The maximum Gasteiger partial charge on any atom is 0.194 e. The van der Waals surface area contributed by atoms with E-state index >= 15 is 0 Å². The molecule has 0 fully saturated rings. The topological polar surface area (TPSA) is 52.3 Å². The van der Waals surface area contributed by atoms with Gasteiger partial charge in [0.2, 0.25) is 0 Å². The Hall–Kier alpha value is -1.81. The summed E-state index contributed by atoms with van der Waals surface area (Å²) in [5.41, 5.74) is 7.43. The van der Waals surface area contributed by atoms with E-state index in [1.54, 1.807) is 49.6 Å². The number of methoxy groups -OCH3 is 1. The number of benzene rings is 2. The van der Waals surface area contributed by atoms with Crippen LogP contribution in [0.1, 0.15) is 15.9 Å². The van der Waals surface area contributed by atoms with Crippen LogP contribution in [-0.2, 0) is 0 Å². The summed E-state index contributed by atoms with van der Waals surface area (Å²) in [6.07, 6.45) is 0. The van der Waals surface area contributed by atoms with E-state index < -0.39 is 0 Å². The van der Waals surface area contributed by atoms with Crippen molar-refractivity contribution in [2.24, 2.45) is 0 Å². The molecule has 0 saturated heterocycles. The van der Waals surface area contributed by atoms with Crippen molar-refractivity contribution in [2.45, 2.75) is 0 Å². The van der Waals surface area contributed by atoms with Crippen LogP contribution < -0.4 is 10.5 Å². The lowest BCUT2D eigenvalue weighted by atomic mass is 10.0. The summed E-state index contributed by atoms with van der Waals surface area (Å²) in [6, 6.07) is 12.2.